The van der Waals surface area contributed by atoms with Crippen LogP contribution in [0, 0.1) is 0 Å². The standard InChI is InChI=1S/C9H18F3NO/c1-2-3-4-5-6-7(14)8(13)9(10,11)12/h7-8,14H,2-6,13H2,1H3/t7-,8-/m1/s1. The van der Waals surface area contributed by atoms with Crippen LogP contribution in [0.2, 0.25) is 0 Å². The highest BCUT2D eigenvalue weighted by molar-refractivity contribution is 4.78. The number of alkyl halides is 3. The minimum Gasteiger partial charge on any atom is -0.391 e. The number of hydrogen-bond acceptors (Lipinski definition) is 2. The lowest BCUT2D eigenvalue weighted by Crippen LogP contribution is -2.46. The van der Waals surface area contributed by atoms with Crippen molar-refractivity contribution < 1.29 is 18.3 Å². The van der Waals surface area contributed by atoms with Crippen LogP contribution >= 0.6 is 0 Å². The molecule has 0 aliphatic carbocycles. The Bertz CT molecular complexity index is 149. The lowest BCUT2D eigenvalue weighted by atomic mass is 10.0. The monoisotopic (exact) mass is 213 g/mol. The fourth-order valence-corrected chi connectivity index (χ4v) is 1.18. The first-order valence-corrected chi connectivity index (χ1v) is 4.90. The van der Waals surface area contributed by atoms with E-state index >= 15 is 0 Å². The first-order valence-electron chi connectivity index (χ1n) is 4.90. The van der Waals surface area contributed by atoms with Crippen LogP contribution in [0.1, 0.15) is 39.0 Å². The van der Waals surface area contributed by atoms with E-state index in [-0.39, 0.29) is 6.42 Å². The van der Waals surface area contributed by atoms with Gasteiger partial charge in [-0.2, -0.15) is 13.2 Å². The van der Waals surface area contributed by atoms with E-state index in [1.54, 1.807) is 0 Å². The van der Waals surface area contributed by atoms with E-state index in [9.17, 15) is 13.2 Å². The van der Waals surface area contributed by atoms with Gasteiger partial charge in [-0.15, -0.1) is 0 Å². The molecule has 0 spiro atoms. The molecule has 2 atom stereocenters. The molecule has 0 aliphatic rings. The maximum absolute atomic E-state index is 12.0. The molecule has 86 valence electrons. The summed E-state index contributed by atoms with van der Waals surface area (Å²) in [5.74, 6) is 0. The molecule has 0 saturated carbocycles. The average molecular weight is 213 g/mol. The second-order valence-electron chi connectivity index (χ2n) is 3.48. The highest BCUT2D eigenvalue weighted by Gasteiger charge is 2.40. The number of hydrogen-bond donors (Lipinski definition) is 2. The Morgan fingerprint density at radius 3 is 2.21 bits per heavy atom. The Hall–Kier alpha value is -0.290. The molecule has 0 saturated heterocycles. The number of nitrogens with two attached hydrogens (primary N) is 1. The largest absolute Gasteiger partial charge is 0.406 e. The molecule has 0 amide bonds. The van der Waals surface area contributed by atoms with E-state index < -0.39 is 18.3 Å². The molecule has 0 heterocycles. The van der Waals surface area contributed by atoms with E-state index in [4.69, 9.17) is 10.8 Å². The van der Waals surface area contributed by atoms with Crippen LogP contribution in [0.5, 0.6) is 0 Å². The molecule has 5 heteroatoms. The summed E-state index contributed by atoms with van der Waals surface area (Å²) in [4.78, 5) is 0. The van der Waals surface area contributed by atoms with Gasteiger partial charge in [-0.25, -0.2) is 0 Å². The number of unbranched alkanes of at least 4 members (excludes halogenated alkanes) is 3. The molecule has 0 radical (unpaired) electrons. The Balaban J connectivity index is 3.68. The van der Waals surface area contributed by atoms with E-state index in [1.165, 1.54) is 0 Å². The molecule has 0 aliphatic heterocycles. The molecule has 0 bridgehead atoms. The zero-order valence-electron chi connectivity index (χ0n) is 8.35. The minimum absolute atomic E-state index is 0.126. The second kappa shape index (κ2) is 6.24. The summed E-state index contributed by atoms with van der Waals surface area (Å²) in [6.07, 6.45) is -2.40. The van der Waals surface area contributed by atoms with E-state index in [0.717, 1.165) is 19.3 Å². The van der Waals surface area contributed by atoms with Gasteiger partial charge in [0.25, 0.3) is 0 Å². The summed E-state index contributed by atoms with van der Waals surface area (Å²) in [5.41, 5.74) is 4.83. The number of halogens is 3. The predicted molar refractivity (Wildman–Crippen MR) is 48.8 cm³/mol. The maximum Gasteiger partial charge on any atom is 0.406 e. The predicted octanol–water partition coefficient (Wildman–Crippen LogP) is 2.21. The molecule has 3 N–H and O–H groups in total. The molecule has 0 unspecified atom stereocenters. The lowest BCUT2D eigenvalue weighted by Gasteiger charge is -2.21. The Morgan fingerprint density at radius 1 is 1.21 bits per heavy atom. The summed E-state index contributed by atoms with van der Waals surface area (Å²) in [6.45, 7) is 2.01. The van der Waals surface area contributed by atoms with Crippen molar-refractivity contribution in [1.82, 2.24) is 0 Å². The molecule has 2 nitrogen and oxygen atoms in total. The van der Waals surface area contributed by atoms with Crippen molar-refractivity contribution in [1.29, 1.82) is 0 Å². The topological polar surface area (TPSA) is 46.2 Å². The summed E-state index contributed by atoms with van der Waals surface area (Å²) in [6, 6.07) is -2.11. The smallest absolute Gasteiger partial charge is 0.391 e. The maximum atomic E-state index is 12.0. The van der Waals surface area contributed by atoms with Crippen LogP contribution in [0.25, 0.3) is 0 Å². The highest BCUT2D eigenvalue weighted by Crippen LogP contribution is 2.22. The van der Waals surface area contributed by atoms with Gasteiger partial charge in [0.15, 0.2) is 0 Å². The van der Waals surface area contributed by atoms with Gasteiger partial charge in [-0.1, -0.05) is 32.6 Å². The van der Waals surface area contributed by atoms with Crippen molar-refractivity contribution in [3.63, 3.8) is 0 Å². The van der Waals surface area contributed by atoms with Crippen molar-refractivity contribution in [2.24, 2.45) is 5.73 Å². The van der Waals surface area contributed by atoms with Crippen molar-refractivity contribution in [3.8, 4) is 0 Å². The van der Waals surface area contributed by atoms with Crippen LogP contribution in [-0.2, 0) is 0 Å². The molecule has 0 rings (SSSR count). The van der Waals surface area contributed by atoms with Crippen LogP contribution in [0.15, 0.2) is 0 Å². The molecule has 0 aromatic rings. The third kappa shape index (κ3) is 5.44. The van der Waals surface area contributed by atoms with Crippen LogP contribution in [0.3, 0.4) is 0 Å². The number of rotatable bonds is 6. The zero-order chi connectivity index (χ0) is 11.2. The zero-order valence-corrected chi connectivity index (χ0v) is 8.35. The minimum atomic E-state index is -4.50. The Kier molecular flexibility index (Phi) is 6.11. The second-order valence-corrected chi connectivity index (χ2v) is 3.48. The first kappa shape index (κ1) is 13.7. The highest BCUT2D eigenvalue weighted by atomic mass is 19.4. The first-order chi connectivity index (χ1) is 6.39. The normalized spacial score (nSPS) is 16.7. The average Bonchev–Trinajstić information content (AvgIpc) is 2.09. The van der Waals surface area contributed by atoms with Crippen molar-refractivity contribution in [3.05, 3.63) is 0 Å². The SMILES string of the molecule is CCCCCC[C@@H](O)[C@@H](N)C(F)(F)F. The molecular weight excluding hydrogens is 195 g/mol. The summed E-state index contributed by atoms with van der Waals surface area (Å²) in [5, 5.41) is 9.11. The van der Waals surface area contributed by atoms with Gasteiger partial charge < -0.3 is 10.8 Å². The van der Waals surface area contributed by atoms with Gasteiger partial charge in [0, 0.05) is 0 Å². The lowest BCUT2D eigenvalue weighted by molar-refractivity contribution is -0.169. The van der Waals surface area contributed by atoms with Gasteiger partial charge >= 0.3 is 6.18 Å². The summed E-state index contributed by atoms with van der Waals surface area (Å²) < 4.78 is 36.0. The third-order valence-electron chi connectivity index (χ3n) is 2.15. The van der Waals surface area contributed by atoms with Crippen molar-refractivity contribution in [2.45, 2.75) is 57.3 Å². The number of aliphatic hydroxyl groups excluding tert-OH is 1. The summed E-state index contributed by atoms with van der Waals surface area (Å²) in [7, 11) is 0. The van der Waals surface area contributed by atoms with Gasteiger partial charge in [0.2, 0.25) is 0 Å². The van der Waals surface area contributed by atoms with Crippen LogP contribution in [0.4, 0.5) is 13.2 Å². The van der Waals surface area contributed by atoms with Crippen LogP contribution in [-0.4, -0.2) is 23.4 Å². The van der Waals surface area contributed by atoms with E-state index in [1.807, 2.05) is 6.92 Å². The molecule has 0 aromatic heterocycles. The molecular formula is C9H18F3NO. The van der Waals surface area contributed by atoms with Gasteiger partial charge in [0.05, 0.1) is 6.10 Å². The van der Waals surface area contributed by atoms with Gasteiger partial charge in [-0.3, -0.25) is 0 Å². The van der Waals surface area contributed by atoms with Gasteiger partial charge in [0.1, 0.15) is 6.04 Å². The Morgan fingerprint density at radius 2 is 1.79 bits per heavy atom. The number of aliphatic hydroxyl groups is 1. The molecule has 0 fully saturated rings. The molecule has 0 aromatic carbocycles. The summed E-state index contributed by atoms with van der Waals surface area (Å²) >= 11 is 0. The van der Waals surface area contributed by atoms with Gasteiger partial charge in [-0.05, 0) is 6.42 Å². The van der Waals surface area contributed by atoms with Crippen molar-refractivity contribution >= 4 is 0 Å². The fraction of sp³-hybridized carbons (Fsp3) is 1.00. The fourth-order valence-electron chi connectivity index (χ4n) is 1.18. The third-order valence-corrected chi connectivity index (χ3v) is 2.15. The molecule has 14 heavy (non-hydrogen) atoms. The van der Waals surface area contributed by atoms with E-state index in [2.05, 4.69) is 0 Å². The van der Waals surface area contributed by atoms with Crippen molar-refractivity contribution in [2.75, 3.05) is 0 Å². The Labute approximate surface area is 82.3 Å². The quantitative estimate of drug-likeness (QED) is 0.664. The van der Waals surface area contributed by atoms with Crippen LogP contribution < -0.4 is 5.73 Å². The van der Waals surface area contributed by atoms with E-state index in [0.29, 0.717) is 6.42 Å².